The van der Waals surface area contributed by atoms with Gasteiger partial charge >= 0.3 is 0 Å². The molecule has 0 radical (unpaired) electrons. The highest BCUT2D eigenvalue weighted by Crippen LogP contribution is 2.27. The smallest absolute Gasteiger partial charge is 0.252 e. The highest BCUT2D eigenvalue weighted by Gasteiger charge is 2.13. The molecule has 16 heavy (non-hydrogen) atoms. The molecule has 2 rings (SSSR count). The number of aryl methyl sites for hydroxylation is 1. The summed E-state index contributed by atoms with van der Waals surface area (Å²) in [5.41, 5.74) is 6.25. The second-order valence-corrected chi connectivity index (χ2v) is 3.50. The summed E-state index contributed by atoms with van der Waals surface area (Å²) in [4.78, 5) is 11.0. The van der Waals surface area contributed by atoms with Crippen molar-refractivity contribution in [1.82, 2.24) is 0 Å². The van der Waals surface area contributed by atoms with Gasteiger partial charge in [0.2, 0.25) is 0 Å². The predicted octanol–water partition coefficient (Wildman–Crippen LogP) is 2.06. The van der Waals surface area contributed by atoms with Crippen molar-refractivity contribution in [2.45, 2.75) is 6.92 Å². The number of hydrogen-bond acceptors (Lipinski definition) is 3. The molecule has 0 saturated heterocycles. The molecule has 0 atom stereocenters. The van der Waals surface area contributed by atoms with E-state index in [2.05, 4.69) is 0 Å². The van der Waals surface area contributed by atoms with Crippen molar-refractivity contribution in [2.75, 3.05) is 0 Å². The van der Waals surface area contributed by atoms with Crippen LogP contribution < -0.4 is 5.73 Å². The number of rotatable bonds is 2. The van der Waals surface area contributed by atoms with Gasteiger partial charge in [0.25, 0.3) is 5.91 Å². The summed E-state index contributed by atoms with van der Waals surface area (Å²) in [5.74, 6) is 0.618. The Bertz CT molecular complexity index is 543. The maximum Gasteiger partial charge on any atom is 0.252 e. The van der Waals surface area contributed by atoms with Gasteiger partial charge in [0.05, 0.1) is 5.56 Å². The predicted molar refractivity (Wildman–Crippen MR) is 59.1 cm³/mol. The highest BCUT2D eigenvalue weighted by atomic mass is 16.3. The minimum absolute atomic E-state index is 0.146. The summed E-state index contributed by atoms with van der Waals surface area (Å²) in [6.45, 7) is 1.67. The largest absolute Gasteiger partial charge is 0.508 e. The number of phenols is 1. The van der Waals surface area contributed by atoms with E-state index in [4.69, 9.17) is 10.2 Å². The van der Waals surface area contributed by atoms with Crippen molar-refractivity contribution in [2.24, 2.45) is 5.73 Å². The van der Waals surface area contributed by atoms with Crippen LogP contribution >= 0.6 is 0 Å². The van der Waals surface area contributed by atoms with Crippen LogP contribution in [0.4, 0.5) is 0 Å². The monoisotopic (exact) mass is 217 g/mol. The van der Waals surface area contributed by atoms with Crippen LogP contribution in [0, 0.1) is 6.92 Å². The average Bonchev–Trinajstić information content (AvgIpc) is 2.60. The van der Waals surface area contributed by atoms with Crippen LogP contribution in [-0.2, 0) is 0 Å². The molecule has 4 nitrogen and oxygen atoms in total. The Balaban J connectivity index is 2.49. The van der Waals surface area contributed by atoms with Gasteiger partial charge in [0.1, 0.15) is 17.3 Å². The Labute approximate surface area is 92.3 Å². The molecule has 2 aromatic rings. The molecule has 0 aliphatic carbocycles. The lowest BCUT2D eigenvalue weighted by molar-refractivity contribution is 0.0999. The van der Waals surface area contributed by atoms with E-state index >= 15 is 0 Å². The molecule has 1 aromatic carbocycles. The van der Waals surface area contributed by atoms with E-state index in [0.29, 0.717) is 22.6 Å². The molecule has 0 unspecified atom stereocenters. The first-order valence-electron chi connectivity index (χ1n) is 4.77. The molecule has 0 fully saturated rings. The molecule has 0 aliphatic heterocycles. The topological polar surface area (TPSA) is 76.5 Å². The van der Waals surface area contributed by atoms with Gasteiger partial charge in [-0.15, -0.1) is 0 Å². The molecule has 0 bridgehead atoms. The Morgan fingerprint density at radius 2 is 2.12 bits per heavy atom. The lowest BCUT2D eigenvalue weighted by atomic mass is 10.1. The molecule has 0 spiro atoms. The average molecular weight is 217 g/mol. The van der Waals surface area contributed by atoms with Crippen LogP contribution in [0.25, 0.3) is 11.3 Å². The number of carbonyl (C=O) groups excluding carboxylic acids is 1. The molecule has 0 aliphatic rings. The van der Waals surface area contributed by atoms with Crippen molar-refractivity contribution in [3.8, 4) is 17.1 Å². The first kappa shape index (κ1) is 10.3. The quantitative estimate of drug-likeness (QED) is 0.808. The van der Waals surface area contributed by atoms with Gasteiger partial charge in [-0.3, -0.25) is 4.79 Å². The summed E-state index contributed by atoms with van der Waals surface area (Å²) in [7, 11) is 0. The zero-order valence-corrected chi connectivity index (χ0v) is 8.73. The summed E-state index contributed by atoms with van der Waals surface area (Å²) in [6, 6.07) is 8.18. The second-order valence-electron chi connectivity index (χ2n) is 3.50. The molecule has 1 amide bonds. The van der Waals surface area contributed by atoms with Crippen LogP contribution in [0.2, 0.25) is 0 Å². The maximum atomic E-state index is 11.0. The van der Waals surface area contributed by atoms with E-state index in [1.807, 2.05) is 0 Å². The number of aromatic hydroxyl groups is 1. The number of nitrogens with two attached hydrogens (primary N) is 1. The van der Waals surface area contributed by atoms with E-state index < -0.39 is 5.91 Å². The van der Waals surface area contributed by atoms with Crippen LogP contribution in [0.1, 0.15) is 16.1 Å². The summed E-state index contributed by atoms with van der Waals surface area (Å²) >= 11 is 0. The minimum Gasteiger partial charge on any atom is -0.508 e. The Morgan fingerprint density at radius 3 is 2.69 bits per heavy atom. The molecule has 3 N–H and O–H groups in total. The van der Waals surface area contributed by atoms with Crippen LogP contribution in [0.15, 0.2) is 34.7 Å². The van der Waals surface area contributed by atoms with Crippen molar-refractivity contribution in [1.29, 1.82) is 0 Å². The van der Waals surface area contributed by atoms with Gasteiger partial charge < -0.3 is 15.3 Å². The summed E-state index contributed by atoms with van der Waals surface area (Å²) in [5, 5.41) is 9.33. The maximum absolute atomic E-state index is 11.0. The number of carbonyl (C=O) groups is 1. The van der Waals surface area contributed by atoms with E-state index in [-0.39, 0.29) is 5.75 Å². The fourth-order valence-electron chi connectivity index (χ4n) is 1.53. The van der Waals surface area contributed by atoms with E-state index in [9.17, 15) is 9.90 Å². The Hall–Kier alpha value is -2.23. The number of primary amides is 1. The molecule has 4 heteroatoms. The first-order chi connectivity index (χ1) is 7.58. The first-order valence-corrected chi connectivity index (χ1v) is 4.77. The Kier molecular flexibility index (Phi) is 2.40. The molecular weight excluding hydrogens is 206 g/mol. The number of hydrogen-bond donors (Lipinski definition) is 2. The SMILES string of the molecule is Cc1oc(-c2cccc(O)c2)cc1C(N)=O. The van der Waals surface area contributed by atoms with Crippen molar-refractivity contribution in [3.05, 3.63) is 41.7 Å². The second kappa shape index (κ2) is 3.73. The third kappa shape index (κ3) is 1.77. The third-order valence-electron chi connectivity index (χ3n) is 2.31. The molecule has 82 valence electrons. The fourth-order valence-corrected chi connectivity index (χ4v) is 1.53. The number of furan rings is 1. The number of amides is 1. The van der Waals surface area contributed by atoms with Crippen molar-refractivity contribution in [3.63, 3.8) is 0 Å². The van der Waals surface area contributed by atoms with Gasteiger partial charge in [0, 0.05) is 5.56 Å². The molecular formula is C12H11NO3. The normalized spacial score (nSPS) is 10.3. The molecule has 1 aromatic heterocycles. The highest BCUT2D eigenvalue weighted by molar-refractivity contribution is 5.94. The van der Waals surface area contributed by atoms with Crippen molar-refractivity contribution >= 4 is 5.91 Å². The van der Waals surface area contributed by atoms with Gasteiger partial charge in [0.15, 0.2) is 0 Å². The number of benzene rings is 1. The minimum atomic E-state index is -0.521. The van der Waals surface area contributed by atoms with E-state index in [1.54, 1.807) is 37.3 Å². The summed E-state index contributed by atoms with van der Waals surface area (Å²) in [6.07, 6.45) is 0. The van der Waals surface area contributed by atoms with Gasteiger partial charge in [-0.25, -0.2) is 0 Å². The Morgan fingerprint density at radius 1 is 1.38 bits per heavy atom. The van der Waals surface area contributed by atoms with Crippen LogP contribution in [0.5, 0.6) is 5.75 Å². The van der Waals surface area contributed by atoms with E-state index in [0.717, 1.165) is 0 Å². The standard InChI is InChI=1S/C12H11NO3/c1-7-10(12(13)15)6-11(16-7)8-3-2-4-9(14)5-8/h2-6,14H,1H3,(H2,13,15). The number of phenolic OH excluding ortho intramolecular Hbond substituents is 1. The van der Waals surface area contributed by atoms with Crippen molar-refractivity contribution < 1.29 is 14.3 Å². The lowest BCUT2D eigenvalue weighted by Crippen LogP contribution is -2.10. The molecule has 0 saturated carbocycles. The van der Waals surface area contributed by atoms with Crippen LogP contribution in [0.3, 0.4) is 0 Å². The van der Waals surface area contributed by atoms with Gasteiger partial charge in [-0.1, -0.05) is 12.1 Å². The zero-order valence-electron chi connectivity index (χ0n) is 8.73. The molecule has 1 heterocycles. The third-order valence-corrected chi connectivity index (χ3v) is 2.31. The van der Waals surface area contributed by atoms with E-state index in [1.165, 1.54) is 0 Å². The lowest BCUT2D eigenvalue weighted by Gasteiger charge is -1.96. The zero-order chi connectivity index (χ0) is 11.7. The van der Waals surface area contributed by atoms with Gasteiger partial charge in [-0.2, -0.15) is 0 Å². The van der Waals surface area contributed by atoms with Gasteiger partial charge in [-0.05, 0) is 25.1 Å². The summed E-state index contributed by atoms with van der Waals surface area (Å²) < 4.78 is 5.41. The van der Waals surface area contributed by atoms with Crippen LogP contribution in [-0.4, -0.2) is 11.0 Å². The fraction of sp³-hybridized carbons (Fsp3) is 0.0833.